The predicted molar refractivity (Wildman–Crippen MR) is 120 cm³/mol. The van der Waals surface area contributed by atoms with Crippen LogP contribution < -0.4 is 15.0 Å². The summed E-state index contributed by atoms with van der Waals surface area (Å²) in [6.07, 6.45) is 0. The number of ether oxygens (including phenoxy) is 2. The van der Waals surface area contributed by atoms with Crippen LogP contribution in [0, 0.1) is 5.82 Å². The minimum Gasteiger partial charge on any atom is -0.467 e. The van der Waals surface area contributed by atoms with Crippen molar-refractivity contribution in [3.63, 3.8) is 0 Å². The maximum atomic E-state index is 13.9. The zero-order valence-electron chi connectivity index (χ0n) is 15.7. The lowest BCUT2D eigenvalue weighted by atomic mass is 10.1. The molecule has 0 amide bonds. The van der Waals surface area contributed by atoms with E-state index in [9.17, 15) is 4.39 Å². The second kappa shape index (κ2) is 9.75. The quantitative estimate of drug-likeness (QED) is 0.384. The smallest absolute Gasteiger partial charge is 0.194 e. The number of guanidine groups is 1. The van der Waals surface area contributed by atoms with Crippen LogP contribution >= 0.6 is 35.3 Å². The van der Waals surface area contributed by atoms with Gasteiger partial charge in [-0.05, 0) is 29.6 Å². The third-order valence-electron chi connectivity index (χ3n) is 4.80. The Hall–Kier alpha value is -1.59. The van der Waals surface area contributed by atoms with Crippen LogP contribution in [0.1, 0.15) is 11.1 Å². The first-order chi connectivity index (χ1) is 13.2. The number of aliphatic imine (C=N–C) groups is 1. The number of anilines is 1. The van der Waals surface area contributed by atoms with Crippen molar-refractivity contribution >= 4 is 46.3 Å². The molecule has 0 bridgehead atoms. The van der Waals surface area contributed by atoms with Crippen molar-refractivity contribution < 1.29 is 13.9 Å². The number of thiophene rings is 1. The van der Waals surface area contributed by atoms with Gasteiger partial charge in [0.2, 0.25) is 0 Å². The van der Waals surface area contributed by atoms with E-state index in [-0.39, 0.29) is 36.6 Å². The number of nitrogens with one attached hydrogen (secondary N) is 1. The van der Waals surface area contributed by atoms with Crippen LogP contribution in [0.15, 0.2) is 34.6 Å². The normalized spacial score (nSPS) is 16.9. The molecule has 2 aliphatic rings. The summed E-state index contributed by atoms with van der Waals surface area (Å²) in [5, 5.41) is 6.77. The predicted octanol–water partition coefficient (Wildman–Crippen LogP) is 3.27. The molecule has 1 N–H and O–H groups in total. The van der Waals surface area contributed by atoms with Gasteiger partial charge in [0.15, 0.2) is 12.8 Å². The van der Waals surface area contributed by atoms with E-state index < -0.39 is 0 Å². The Labute approximate surface area is 185 Å². The second-order valence-electron chi connectivity index (χ2n) is 6.49. The molecule has 4 rings (SSSR count). The van der Waals surface area contributed by atoms with E-state index in [1.807, 2.05) is 0 Å². The van der Waals surface area contributed by atoms with E-state index in [0.717, 1.165) is 43.3 Å². The zero-order chi connectivity index (χ0) is 18.6. The monoisotopic (exact) mass is 518 g/mol. The molecule has 0 atom stereocenters. The highest BCUT2D eigenvalue weighted by Gasteiger charge is 2.21. The molecule has 1 saturated heterocycles. The van der Waals surface area contributed by atoms with Gasteiger partial charge in [0.25, 0.3) is 0 Å². The fourth-order valence-corrected chi connectivity index (χ4v) is 4.27. The maximum absolute atomic E-state index is 13.9. The van der Waals surface area contributed by atoms with Crippen molar-refractivity contribution in [1.29, 1.82) is 0 Å². The summed E-state index contributed by atoms with van der Waals surface area (Å²) in [6.45, 7) is 4.73. The number of rotatable bonds is 3. The first-order valence-corrected chi connectivity index (χ1v) is 9.88. The molecule has 3 heterocycles. The second-order valence-corrected chi connectivity index (χ2v) is 7.42. The summed E-state index contributed by atoms with van der Waals surface area (Å²) in [7, 11) is 1.78. The Morgan fingerprint density at radius 2 is 2.11 bits per heavy atom. The van der Waals surface area contributed by atoms with Gasteiger partial charge in [-0.2, -0.15) is 0 Å². The lowest BCUT2D eigenvalue weighted by Crippen LogP contribution is -2.52. The summed E-state index contributed by atoms with van der Waals surface area (Å²) in [4.78, 5) is 9.04. The van der Waals surface area contributed by atoms with Crippen LogP contribution in [0.5, 0.6) is 5.75 Å². The molecule has 2 aromatic rings. The Bertz CT molecular complexity index is 811. The van der Waals surface area contributed by atoms with Gasteiger partial charge in [0, 0.05) is 50.9 Å². The number of nitrogens with zero attached hydrogens (tertiary/aromatic N) is 3. The molecular weight excluding hydrogens is 494 g/mol. The lowest BCUT2D eigenvalue weighted by molar-refractivity contribution is -0.0173. The molecule has 0 radical (unpaired) electrons. The van der Waals surface area contributed by atoms with Crippen LogP contribution in [0.3, 0.4) is 0 Å². The molecule has 0 spiro atoms. The van der Waals surface area contributed by atoms with Crippen LogP contribution in [0.4, 0.5) is 9.39 Å². The first kappa shape index (κ1) is 21.1. The molecule has 152 valence electrons. The number of benzene rings is 1. The molecule has 9 heteroatoms. The van der Waals surface area contributed by atoms with Crippen molar-refractivity contribution in [3.8, 4) is 5.75 Å². The summed E-state index contributed by atoms with van der Waals surface area (Å²) in [5.41, 5.74) is 1.53. The number of fused-ring (bicyclic) bond motifs is 1. The Balaban J connectivity index is 0.00000225. The fourth-order valence-electron chi connectivity index (χ4n) is 3.48. The van der Waals surface area contributed by atoms with Gasteiger partial charge in [0.05, 0.1) is 11.6 Å². The number of piperazine rings is 1. The fraction of sp³-hybridized carbons (Fsp3) is 0.421. The van der Waals surface area contributed by atoms with Crippen molar-refractivity contribution in [2.24, 2.45) is 4.99 Å². The maximum Gasteiger partial charge on any atom is 0.194 e. The summed E-state index contributed by atoms with van der Waals surface area (Å²) < 4.78 is 24.7. The standard InChI is InChI=1S/C19H23FN4O2S.HI/c1-21-19(24-6-4-23(5-7-24)17-3-2-8-27-17)22-11-14-9-16(20)10-15-12-25-13-26-18(14)15;/h2-3,8-10H,4-7,11-13H2,1H3,(H,21,22);1H. The molecule has 0 saturated carbocycles. The minimum absolute atomic E-state index is 0. The van der Waals surface area contributed by atoms with Crippen molar-refractivity contribution in [3.05, 3.63) is 46.6 Å². The molecule has 28 heavy (non-hydrogen) atoms. The number of hydrogen-bond donors (Lipinski definition) is 1. The molecule has 1 aromatic heterocycles. The molecular formula is C19H24FIN4O2S. The van der Waals surface area contributed by atoms with Crippen LogP contribution in [0.25, 0.3) is 0 Å². The van der Waals surface area contributed by atoms with Crippen LogP contribution in [-0.4, -0.2) is 50.9 Å². The lowest BCUT2D eigenvalue weighted by Gasteiger charge is -2.37. The van der Waals surface area contributed by atoms with Gasteiger partial charge < -0.3 is 24.6 Å². The van der Waals surface area contributed by atoms with Crippen molar-refractivity contribution in [2.75, 3.05) is 44.9 Å². The van der Waals surface area contributed by atoms with E-state index >= 15 is 0 Å². The number of halogens is 2. The first-order valence-electron chi connectivity index (χ1n) is 9.00. The molecule has 0 aliphatic carbocycles. The van der Waals surface area contributed by atoms with Crippen LogP contribution in [0.2, 0.25) is 0 Å². The highest BCUT2D eigenvalue weighted by atomic mass is 127. The summed E-state index contributed by atoms with van der Waals surface area (Å²) >= 11 is 1.77. The molecule has 0 unspecified atom stereocenters. The van der Waals surface area contributed by atoms with Crippen molar-refractivity contribution in [1.82, 2.24) is 10.2 Å². The van der Waals surface area contributed by atoms with Gasteiger partial charge in [-0.1, -0.05) is 0 Å². The average molecular weight is 518 g/mol. The summed E-state index contributed by atoms with van der Waals surface area (Å²) in [5.74, 6) is 1.26. The van der Waals surface area contributed by atoms with E-state index in [1.54, 1.807) is 18.4 Å². The molecule has 2 aliphatic heterocycles. The van der Waals surface area contributed by atoms with E-state index in [1.165, 1.54) is 17.1 Å². The zero-order valence-corrected chi connectivity index (χ0v) is 18.8. The average Bonchev–Trinajstić information content (AvgIpc) is 3.23. The highest BCUT2D eigenvalue weighted by molar-refractivity contribution is 14.0. The third kappa shape index (κ3) is 4.69. The third-order valence-corrected chi connectivity index (χ3v) is 5.73. The van der Waals surface area contributed by atoms with Gasteiger partial charge in [-0.25, -0.2) is 4.39 Å². The van der Waals surface area contributed by atoms with E-state index in [2.05, 4.69) is 37.6 Å². The molecule has 6 nitrogen and oxygen atoms in total. The number of hydrogen-bond acceptors (Lipinski definition) is 5. The van der Waals surface area contributed by atoms with Gasteiger partial charge in [0.1, 0.15) is 11.6 Å². The Morgan fingerprint density at radius 1 is 1.29 bits per heavy atom. The van der Waals surface area contributed by atoms with Crippen LogP contribution in [-0.2, 0) is 17.9 Å². The van der Waals surface area contributed by atoms with Gasteiger partial charge >= 0.3 is 0 Å². The van der Waals surface area contributed by atoms with Gasteiger partial charge in [-0.15, -0.1) is 35.3 Å². The largest absolute Gasteiger partial charge is 0.467 e. The molecule has 1 aromatic carbocycles. The van der Waals surface area contributed by atoms with E-state index in [4.69, 9.17) is 9.47 Å². The summed E-state index contributed by atoms with van der Waals surface area (Å²) in [6, 6.07) is 7.22. The Morgan fingerprint density at radius 3 is 2.82 bits per heavy atom. The Kier molecular flexibility index (Phi) is 7.36. The molecule has 1 fully saturated rings. The SMILES string of the molecule is CN=C(NCc1cc(F)cc2c1OCOC2)N1CCN(c2cccs2)CC1.I. The van der Waals surface area contributed by atoms with Gasteiger partial charge in [-0.3, -0.25) is 4.99 Å². The topological polar surface area (TPSA) is 49.3 Å². The van der Waals surface area contributed by atoms with Crippen molar-refractivity contribution in [2.45, 2.75) is 13.2 Å². The highest BCUT2D eigenvalue weighted by Crippen LogP contribution is 2.29. The minimum atomic E-state index is -0.279. The van der Waals surface area contributed by atoms with E-state index in [0.29, 0.717) is 18.9 Å².